The van der Waals surface area contributed by atoms with Crippen LogP contribution in [0.5, 0.6) is 11.5 Å². The quantitative estimate of drug-likeness (QED) is 0.459. The van der Waals surface area contributed by atoms with E-state index in [4.69, 9.17) is 19.2 Å². The van der Waals surface area contributed by atoms with Gasteiger partial charge < -0.3 is 29.5 Å². The van der Waals surface area contributed by atoms with E-state index in [2.05, 4.69) is 17.1 Å². The first-order chi connectivity index (χ1) is 15.1. The summed E-state index contributed by atoms with van der Waals surface area (Å²) in [6.07, 6.45) is 7.06. The number of likely N-dealkylation sites (tertiary alicyclic amines) is 1. The van der Waals surface area contributed by atoms with Gasteiger partial charge in [0.1, 0.15) is 11.5 Å². The number of guanidine groups is 1. The molecule has 1 aromatic carbocycles. The Kier molecular flexibility index (Phi) is 9.28. The van der Waals surface area contributed by atoms with Crippen LogP contribution in [-0.4, -0.2) is 69.1 Å². The molecule has 3 rings (SSSR count). The summed E-state index contributed by atoms with van der Waals surface area (Å²) in [7, 11) is 3.21. The van der Waals surface area contributed by atoms with Crippen LogP contribution in [0, 0.1) is 5.92 Å². The molecular formula is C24H39N3O4. The first kappa shape index (κ1) is 23.7. The third kappa shape index (κ3) is 7.01. The van der Waals surface area contributed by atoms with Crippen LogP contribution in [0.1, 0.15) is 57.1 Å². The molecule has 31 heavy (non-hydrogen) atoms. The highest BCUT2D eigenvalue weighted by Crippen LogP contribution is 2.27. The molecule has 7 nitrogen and oxygen atoms in total. The minimum atomic E-state index is -0.732. The maximum Gasteiger partial charge on any atom is 0.194 e. The van der Waals surface area contributed by atoms with Crippen LogP contribution in [0.15, 0.2) is 23.2 Å². The maximum atomic E-state index is 10.7. The average Bonchev–Trinajstić information content (AvgIpc) is 3.34. The zero-order chi connectivity index (χ0) is 22.1. The number of hydrogen-bond acceptors (Lipinski definition) is 5. The fourth-order valence-electron chi connectivity index (χ4n) is 4.41. The third-order valence-electron chi connectivity index (χ3n) is 6.29. The van der Waals surface area contributed by atoms with E-state index < -0.39 is 6.10 Å². The number of nitrogens with one attached hydrogen (secondary N) is 1. The van der Waals surface area contributed by atoms with Crippen LogP contribution in [0.3, 0.4) is 0 Å². The molecule has 0 bridgehead atoms. The highest BCUT2D eigenvalue weighted by Gasteiger charge is 2.24. The van der Waals surface area contributed by atoms with E-state index in [-0.39, 0.29) is 6.54 Å². The fourth-order valence-corrected chi connectivity index (χ4v) is 4.41. The zero-order valence-corrected chi connectivity index (χ0v) is 19.3. The molecule has 1 heterocycles. The Hall–Kier alpha value is -1.99. The van der Waals surface area contributed by atoms with Crippen molar-refractivity contribution in [2.24, 2.45) is 10.9 Å². The predicted molar refractivity (Wildman–Crippen MR) is 123 cm³/mol. The molecule has 0 radical (unpaired) electrons. The molecule has 2 N–H and O–H groups in total. The van der Waals surface area contributed by atoms with Gasteiger partial charge in [-0.25, -0.2) is 0 Å². The molecule has 0 spiro atoms. The van der Waals surface area contributed by atoms with Crippen LogP contribution in [-0.2, 0) is 4.74 Å². The minimum Gasteiger partial charge on any atom is -0.497 e. The summed E-state index contributed by atoms with van der Waals surface area (Å²) < 4.78 is 16.8. The number of ether oxygens (including phenoxy) is 3. The Balaban J connectivity index is 1.54. The molecule has 0 aromatic heterocycles. The van der Waals surface area contributed by atoms with Gasteiger partial charge in [-0.1, -0.05) is 12.8 Å². The number of rotatable bonds is 9. The molecule has 1 aromatic rings. The lowest BCUT2D eigenvalue weighted by Gasteiger charge is -2.34. The molecular weight excluding hydrogens is 394 g/mol. The van der Waals surface area contributed by atoms with Gasteiger partial charge in [-0.3, -0.25) is 4.99 Å². The van der Waals surface area contributed by atoms with Gasteiger partial charge in [0.15, 0.2) is 5.96 Å². The Labute approximate surface area is 186 Å². The van der Waals surface area contributed by atoms with Gasteiger partial charge in [-0.15, -0.1) is 0 Å². The number of nitrogens with zero attached hydrogens (tertiary/aromatic N) is 2. The maximum absolute atomic E-state index is 10.7. The van der Waals surface area contributed by atoms with Crippen LogP contribution >= 0.6 is 0 Å². The van der Waals surface area contributed by atoms with Crippen molar-refractivity contribution < 1.29 is 19.3 Å². The fraction of sp³-hybridized carbons (Fsp3) is 0.708. The molecule has 2 fully saturated rings. The van der Waals surface area contributed by atoms with Crippen LogP contribution in [0.4, 0.5) is 0 Å². The average molecular weight is 434 g/mol. The lowest BCUT2D eigenvalue weighted by molar-refractivity contribution is 0.000979. The van der Waals surface area contributed by atoms with Crippen molar-refractivity contribution in [3.05, 3.63) is 23.8 Å². The van der Waals surface area contributed by atoms with E-state index in [0.717, 1.165) is 56.5 Å². The van der Waals surface area contributed by atoms with E-state index in [1.807, 2.05) is 12.1 Å². The van der Waals surface area contributed by atoms with Crippen molar-refractivity contribution in [2.75, 3.05) is 47.0 Å². The molecule has 1 saturated heterocycles. The van der Waals surface area contributed by atoms with Crippen molar-refractivity contribution in [1.29, 1.82) is 0 Å². The van der Waals surface area contributed by atoms with Crippen molar-refractivity contribution in [3.63, 3.8) is 0 Å². The van der Waals surface area contributed by atoms with E-state index in [9.17, 15) is 5.11 Å². The molecule has 2 aliphatic rings. The number of aliphatic hydroxyl groups excluding tert-OH is 1. The Bertz CT molecular complexity index is 676. The van der Waals surface area contributed by atoms with Crippen molar-refractivity contribution in [3.8, 4) is 11.5 Å². The molecule has 1 unspecified atom stereocenters. The van der Waals surface area contributed by atoms with Crippen molar-refractivity contribution in [1.82, 2.24) is 10.2 Å². The van der Waals surface area contributed by atoms with Crippen LogP contribution in [0.2, 0.25) is 0 Å². The smallest absolute Gasteiger partial charge is 0.194 e. The molecule has 174 valence electrons. The van der Waals surface area contributed by atoms with Gasteiger partial charge in [0, 0.05) is 32.3 Å². The van der Waals surface area contributed by atoms with Gasteiger partial charge in [0.05, 0.1) is 33.0 Å². The summed E-state index contributed by atoms with van der Waals surface area (Å²) in [4.78, 5) is 6.99. The SMILES string of the molecule is CCNC(=NCC(O)c1cc(OC)cc(OC)c1)N1CCC(OCC2CCCC2)CC1. The second kappa shape index (κ2) is 12.2. The Morgan fingerprint density at radius 2 is 1.74 bits per heavy atom. The highest BCUT2D eigenvalue weighted by molar-refractivity contribution is 5.80. The first-order valence-corrected chi connectivity index (χ1v) is 11.7. The first-order valence-electron chi connectivity index (χ1n) is 11.7. The largest absolute Gasteiger partial charge is 0.497 e. The number of aliphatic hydroxyl groups is 1. The number of methoxy groups -OCH3 is 2. The second-order valence-electron chi connectivity index (χ2n) is 8.53. The topological polar surface area (TPSA) is 75.6 Å². The lowest BCUT2D eigenvalue weighted by Crippen LogP contribution is -2.47. The number of piperidine rings is 1. The minimum absolute atomic E-state index is 0.275. The van der Waals surface area contributed by atoms with E-state index >= 15 is 0 Å². The second-order valence-corrected chi connectivity index (χ2v) is 8.53. The lowest BCUT2D eigenvalue weighted by atomic mass is 10.1. The number of aliphatic imine (C=N–C) groups is 1. The summed E-state index contributed by atoms with van der Waals surface area (Å²) in [6.45, 7) is 5.90. The van der Waals surface area contributed by atoms with E-state index in [1.165, 1.54) is 25.7 Å². The van der Waals surface area contributed by atoms with E-state index in [1.54, 1.807) is 20.3 Å². The number of benzene rings is 1. The highest BCUT2D eigenvalue weighted by atomic mass is 16.5. The molecule has 1 atom stereocenters. The van der Waals surface area contributed by atoms with Crippen LogP contribution < -0.4 is 14.8 Å². The summed E-state index contributed by atoms with van der Waals surface area (Å²) >= 11 is 0. The van der Waals surface area contributed by atoms with Gasteiger partial charge in [-0.05, 0) is 56.2 Å². The van der Waals surface area contributed by atoms with Crippen LogP contribution in [0.25, 0.3) is 0 Å². The molecule has 1 aliphatic carbocycles. The molecule has 1 saturated carbocycles. The predicted octanol–water partition coefficient (Wildman–Crippen LogP) is 3.37. The Morgan fingerprint density at radius 1 is 1.10 bits per heavy atom. The van der Waals surface area contributed by atoms with Gasteiger partial charge in [-0.2, -0.15) is 0 Å². The number of hydrogen-bond donors (Lipinski definition) is 2. The summed E-state index contributed by atoms with van der Waals surface area (Å²) in [5, 5.41) is 14.1. The van der Waals surface area contributed by atoms with Crippen molar-refractivity contribution >= 4 is 5.96 Å². The molecule has 1 aliphatic heterocycles. The standard InChI is InChI=1S/C24H39N3O4/c1-4-25-24(26-16-23(28)19-13-21(29-2)15-22(14-19)30-3)27-11-9-20(10-12-27)31-17-18-7-5-6-8-18/h13-15,18,20,23,28H,4-12,16-17H2,1-3H3,(H,25,26). The third-order valence-corrected chi connectivity index (χ3v) is 6.29. The van der Waals surface area contributed by atoms with Gasteiger partial charge in [0.2, 0.25) is 0 Å². The van der Waals surface area contributed by atoms with Gasteiger partial charge >= 0.3 is 0 Å². The van der Waals surface area contributed by atoms with Gasteiger partial charge in [0.25, 0.3) is 0 Å². The summed E-state index contributed by atoms with van der Waals surface area (Å²) in [5.74, 6) is 2.94. The Morgan fingerprint density at radius 3 is 2.32 bits per heavy atom. The van der Waals surface area contributed by atoms with E-state index in [0.29, 0.717) is 17.6 Å². The molecule has 0 amide bonds. The normalized spacial score (nSPS) is 19.5. The monoisotopic (exact) mass is 433 g/mol. The summed E-state index contributed by atoms with van der Waals surface area (Å²) in [5.41, 5.74) is 0.731. The summed E-state index contributed by atoms with van der Waals surface area (Å²) in [6, 6.07) is 5.44. The van der Waals surface area contributed by atoms with Crippen molar-refractivity contribution in [2.45, 2.75) is 57.7 Å². The zero-order valence-electron chi connectivity index (χ0n) is 19.3. The molecule has 7 heteroatoms.